The second-order valence-electron chi connectivity index (χ2n) is 8.93. The Labute approximate surface area is 225 Å². The minimum Gasteiger partial charge on any atom is -0.480 e. The molecule has 0 unspecified atom stereocenters. The van der Waals surface area contributed by atoms with E-state index in [-0.39, 0.29) is 18.9 Å². The van der Waals surface area contributed by atoms with Crippen LogP contribution in [0.25, 0.3) is 0 Å². The van der Waals surface area contributed by atoms with Crippen LogP contribution in [0, 0.1) is 5.92 Å². The first-order chi connectivity index (χ1) is 17.8. The lowest BCUT2D eigenvalue weighted by molar-refractivity contribution is -0.142. The number of rotatable bonds is 17. The molecule has 0 aliphatic heterocycles. The van der Waals surface area contributed by atoms with E-state index in [4.69, 9.17) is 32.1 Å². The summed E-state index contributed by atoms with van der Waals surface area (Å²) in [5.41, 5.74) is 16.2. The summed E-state index contributed by atoms with van der Waals surface area (Å²) in [6, 6.07) is -6.52. The molecule has 0 fully saturated rings. The van der Waals surface area contributed by atoms with Crippen molar-refractivity contribution < 1.29 is 48.0 Å². The van der Waals surface area contributed by atoms with Crippen LogP contribution in [0.2, 0.25) is 0 Å². The minimum absolute atomic E-state index is 0.116. The Bertz CT molecular complexity index is 953. The molecule has 13 N–H and O–H groups in total. The van der Waals surface area contributed by atoms with Crippen molar-refractivity contribution in [2.24, 2.45) is 28.1 Å². The van der Waals surface area contributed by atoms with E-state index in [2.05, 4.69) is 30.8 Å². The third-order valence-corrected chi connectivity index (χ3v) is 5.56. The highest BCUT2D eigenvalue weighted by Crippen LogP contribution is 2.35. The Hall–Kier alpha value is -3.31. The molecular weight excluding hydrogens is 543 g/mol. The van der Waals surface area contributed by atoms with Crippen molar-refractivity contribution in [3.8, 4) is 0 Å². The second-order valence-corrected chi connectivity index (χ2v) is 10.2. The van der Waals surface area contributed by atoms with Crippen LogP contribution in [-0.4, -0.2) is 93.8 Å². The van der Waals surface area contributed by atoms with Gasteiger partial charge in [0.25, 0.3) is 0 Å². The number of carboxylic acids is 1. The lowest BCUT2D eigenvalue weighted by atomic mass is 10.0. The van der Waals surface area contributed by atoms with E-state index >= 15 is 0 Å². The van der Waals surface area contributed by atoms with E-state index < -0.39 is 80.2 Å². The standard InChI is InChI=1S/C20H39N8O10P/c1-9(2)14(18(32)26-11(4)19(33)34)28-17(31)13(8-38-39(35,36)37)27-15(29)10(3)25-16(30)12(21)6-5-7-24-20(22)23/h9-14H,5-8,21H2,1-4H3,(H,25,30)(H,26,32)(H,27,29)(H,28,31)(H,33,34)(H4,22,23,24)(H2,35,36,37)/t10-,11-,12-,13-,14-/m0/s1. The molecule has 4 amide bonds. The van der Waals surface area contributed by atoms with Crippen LogP contribution in [0.1, 0.15) is 40.5 Å². The summed E-state index contributed by atoms with van der Waals surface area (Å²) in [5, 5.41) is 18.1. The third-order valence-electron chi connectivity index (χ3n) is 5.07. The molecule has 19 heteroatoms. The van der Waals surface area contributed by atoms with Gasteiger partial charge in [0, 0.05) is 6.54 Å². The Morgan fingerprint density at radius 3 is 1.92 bits per heavy atom. The van der Waals surface area contributed by atoms with Crippen LogP contribution >= 0.6 is 7.82 Å². The van der Waals surface area contributed by atoms with Gasteiger partial charge in [-0.3, -0.25) is 33.5 Å². The van der Waals surface area contributed by atoms with E-state index in [0.29, 0.717) is 6.42 Å². The van der Waals surface area contributed by atoms with Gasteiger partial charge in [-0.05, 0) is 32.6 Å². The predicted molar refractivity (Wildman–Crippen MR) is 137 cm³/mol. The van der Waals surface area contributed by atoms with Crippen LogP contribution in [0.4, 0.5) is 0 Å². The molecule has 224 valence electrons. The van der Waals surface area contributed by atoms with Crippen molar-refractivity contribution in [3.05, 3.63) is 0 Å². The molecule has 39 heavy (non-hydrogen) atoms. The first-order valence-electron chi connectivity index (χ1n) is 11.8. The van der Waals surface area contributed by atoms with Crippen LogP contribution in [0.15, 0.2) is 4.99 Å². The van der Waals surface area contributed by atoms with E-state index in [0.717, 1.165) is 0 Å². The summed E-state index contributed by atoms with van der Waals surface area (Å²) < 4.78 is 15.5. The predicted octanol–water partition coefficient (Wildman–Crippen LogP) is -3.80. The molecule has 0 radical (unpaired) electrons. The van der Waals surface area contributed by atoms with Crippen molar-refractivity contribution in [2.45, 2.75) is 70.7 Å². The molecule has 0 saturated heterocycles. The van der Waals surface area contributed by atoms with Gasteiger partial charge in [-0.15, -0.1) is 0 Å². The fourth-order valence-corrected chi connectivity index (χ4v) is 3.18. The molecule has 0 aromatic carbocycles. The van der Waals surface area contributed by atoms with Crippen molar-refractivity contribution >= 4 is 43.4 Å². The zero-order valence-electron chi connectivity index (χ0n) is 22.1. The molecule has 0 aliphatic carbocycles. The molecule has 0 saturated carbocycles. The first kappa shape index (κ1) is 35.7. The number of nitrogens with one attached hydrogen (secondary N) is 4. The van der Waals surface area contributed by atoms with Gasteiger partial charge in [0.05, 0.1) is 12.6 Å². The van der Waals surface area contributed by atoms with Crippen LogP contribution < -0.4 is 38.5 Å². The van der Waals surface area contributed by atoms with E-state index in [1.165, 1.54) is 13.8 Å². The number of carbonyl (C=O) groups excluding carboxylic acids is 4. The van der Waals surface area contributed by atoms with Gasteiger partial charge >= 0.3 is 13.8 Å². The van der Waals surface area contributed by atoms with Crippen molar-refractivity contribution in [1.29, 1.82) is 0 Å². The lowest BCUT2D eigenvalue weighted by Gasteiger charge is -2.26. The molecule has 18 nitrogen and oxygen atoms in total. The minimum atomic E-state index is -5.07. The molecule has 0 aliphatic rings. The first-order valence-corrected chi connectivity index (χ1v) is 13.3. The number of carboxylic acid groups (broad SMARTS) is 1. The molecule has 5 atom stereocenters. The molecule has 0 aromatic heterocycles. The topological polar surface area (TPSA) is 311 Å². The number of phosphoric ester groups is 1. The number of hydrogen-bond acceptors (Lipinski definition) is 9. The number of nitrogens with two attached hydrogens (primary N) is 3. The maximum atomic E-state index is 12.9. The fourth-order valence-electron chi connectivity index (χ4n) is 2.84. The smallest absolute Gasteiger partial charge is 0.469 e. The van der Waals surface area contributed by atoms with Gasteiger partial charge in [-0.1, -0.05) is 13.8 Å². The maximum Gasteiger partial charge on any atom is 0.469 e. The van der Waals surface area contributed by atoms with Gasteiger partial charge < -0.3 is 53.4 Å². The third kappa shape index (κ3) is 15.0. The van der Waals surface area contributed by atoms with Gasteiger partial charge in [-0.25, -0.2) is 4.57 Å². The molecule has 0 rings (SSSR count). The normalized spacial score (nSPS) is 15.2. The average molecular weight is 583 g/mol. The van der Waals surface area contributed by atoms with Crippen molar-refractivity contribution in [3.63, 3.8) is 0 Å². The van der Waals surface area contributed by atoms with Crippen molar-refractivity contribution in [1.82, 2.24) is 21.3 Å². The molecule has 0 heterocycles. The molecule has 0 spiro atoms. The fraction of sp³-hybridized carbons (Fsp3) is 0.700. The molecule has 0 aromatic rings. The zero-order valence-corrected chi connectivity index (χ0v) is 23.0. The number of phosphoric acid groups is 1. The summed E-state index contributed by atoms with van der Waals surface area (Å²) in [6.07, 6.45) is 0.572. The van der Waals surface area contributed by atoms with Crippen molar-refractivity contribution in [2.75, 3.05) is 13.2 Å². The summed E-state index contributed by atoms with van der Waals surface area (Å²) >= 11 is 0. The Kier molecular flexibility index (Phi) is 15.2. The summed E-state index contributed by atoms with van der Waals surface area (Å²) in [6.45, 7) is 4.82. The van der Waals surface area contributed by atoms with Gasteiger partial charge in [0.15, 0.2) is 5.96 Å². The van der Waals surface area contributed by atoms with Gasteiger partial charge in [-0.2, -0.15) is 0 Å². The number of amides is 4. The number of aliphatic carboxylic acids is 1. The number of aliphatic imine (C=N–C) groups is 1. The Morgan fingerprint density at radius 2 is 1.44 bits per heavy atom. The SMILES string of the molecule is CC(C)[C@H](NC(=O)[C@H](COP(=O)(O)O)NC(=O)[C@H](C)NC(=O)[C@@H](N)CCCN=C(N)N)C(=O)N[C@@H](C)C(=O)O. The Balaban J connectivity index is 5.41. The zero-order chi connectivity index (χ0) is 30.5. The highest BCUT2D eigenvalue weighted by molar-refractivity contribution is 7.46. The van der Waals surface area contributed by atoms with Crippen LogP contribution in [-0.2, 0) is 33.1 Å². The second kappa shape index (κ2) is 16.6. The molecule has 0 bridgehead atoms. The Morgan fingerprint density at radius 1 is 0.872 bits per heavy atom. The average Bonchev–Trinajstić information content (AvgIpc) is 2.80. The summed E-state index contributed by atoms with van der Waals surface area (Å²) in [7, 11) is -5.07. The highest BCUT2D eigenvalue weighted by Gasteiger charge is 2.33. The number of guanidine groups is 1. The maximum absolute atomic E-state index is 12.9. The lowest BCUT2D eigenvalue weighted by Crippen LogP contribution is -2.59. The van der Waals surface area contributed by atoms with E-state index in [1.54, 1.807) is 13.8 Å². The van der Waals surface area contributed by atoms with Crippen LogP contribution in [0.5, 0.6) is 0 Å². The van der Waals surface area contributed by atoms with Gasteiger partial charge in [0.1, 0.15) is 24.2 Å². The number of carbonyl (C=O) groups is 5. The summed E-state index contributed by atoms with van der Waals surface area (Å²) in [5.74, 6) is -5.53. The molecular formula is C20H39N8O10P. The van der Waals surface area contributed by atoms with Crippen LogP contribution in [0.3, 0.4) is 0 Å². The number of hydrogen-bond donors (Lipinski definition) is 10. The highest BCUT2D eigenvalue weighted by atomic mass is 31.2. The van der Waals surface area contributed by atoms with E-state index in [1.807, 2.05) is 0 Å². The quantitative estimate of drug-likeness (QED) is 0.0341. The van der Waals surface area contributed by atoms with Gasteiger partial charge in [0.2, 0.25) is 23.6 Å². The number of nitrogens with zero attached hydrogens (tertiary/aromatic N) is 1. The van der Waals surface area contributed by atoms with E-state index in [9.17, 15) is 28.5 Å². The monoisotopic (exact) mass is 582 g/mol. The summed E-state index contributed by atoms with van der Waals surface area (Å²) in [4.78, 5) is 83.2. The largest absolute Gasteiger partial charge is 0.480 e.